The highest BCUT2D eigenvalue weighted by Gasteiger charge is 2.16. The lowest BCUT2D eigenvalue weighted by Crippen LogP contribution is -2.04. The van der Waals surface area contributed by atoms with Crippen LogP contribution in [0.25, 0.3) is 0 Å². The van der Waals surface area contributed by atoms with E-state index in [1.165, 1.54) is 0 Å². The number of ether oxygens (including phenoxy) is 2. The number of nitrogens with two attached hydrogens (primary N) is 1. The largest absolute Gasteiger partial charge is 0.497 e. The minimum absolute atomic E-state index is 0.270. The number of methoxy groups -OCH3 is 1. The van der Waals surface area contributed by atoms with Crippen LogP contribution in [0, 0.1) is 11.3 Å². The van der Waals surface area contributed by atoms with E-state index in [0.717, 1.165) is 17.7 Å². The Labute approximate surface area is 123 Å². The first-order valence-corrected chi connectivity index (χ1v) is 6.71. The van der Waals surface area contributed by atoms with Crippen LogP contribution in [0.4, 0.5) is 5.82 Å². The van der Waals surface area contributed by atoms with Gasteiger partial charge in [-0.15, -0.1) is 5.10 Å². The van der Waals surface area contributed by atoms with E-state index in [1.807, 2.05) is 37.3 Å². The maximum atomic E-state index is 9.18. The van der Waals surface area contributed by atoms with Crippen LogP contribution in [-0.4, -0.2) is 16.9 Å². The average molecular weight is 286 g/mol. The molecule has 2 aromatic rings. The van der Waals surface area contributed by atoms with Gasteiger partial charge in [-0.05, 0) is 24.1 Å². The van der Waals surface area contributed by atoms with E-state index < -0.39 is 0 Å². The number of anilines is 1. The van der Waals surface area contributed by atoms with Crippen LogP contribution in [0.2, 0.25) is 0 Å². The molecule has 6 heteroatoms. The number of benzene rings is 1. The predicted molar refractivity (Wildman–Crippen MR) is 79.0 cm³/mol. The predicted octanol–water partition coefficient (Wildman–Crippen LogP) is 2.33. The summed E-state index contributed by atoms with van der Waals surface area (Å²) in [7, 11) is 1.61. The zero-order valence-electron chi connectivity index (χ0n) is 12.2. The molecule has 110 valence electrons. The van der Waals surface area contributed by atoms with Gasteiger partial charge in [-0.25, -0.2) is 4.68 Å². The zero-order chi connectivity index (χ0) is 15.2. The lowest BCUT2D eigenvalue weighted by atomic mass is 10.2. The van der Waals surface area contributed by atoms with Crippen LogP contribution in [-0.2, 0) is 13.2 Å². The Morgan fingerprint density at radius 2 is 2.24 bits per heavy atom. The Kier molecular flexibility index (Phi) is 4.67. The van der Waals surface area contributed by atoms with Gasteiger partial charge in [-0.1, -0.05) is 19.1 Å². The normalized spacial score (nSPS) is 10.1. The summed E-state index contributed by atoms with van der Waals surface area (Å²) in [6, 6.07) is 9.58. The molecule has 0 aliphatic carbocycles. The van der Waals surface area contributed by atoms with Gasteiger partial charge in [0.05, 0.1) is 7.11 Å². The Balaban J connectivity index is 2.16. The molecule has 0 unspecified atom stereocenters. The number of aryl methyl sites for hydroxylation is 1. The van der Waals surface area contributed by atoms with Crippen molar-refractivity contribution in [1.29, 1.82) is 5.26 Å². The lowest BCUT2D eigenvalue weighted by Gasteiger charge is -2.05. The van der Waals surface area contributed by atoms with E-state index in [4.69, 9.17) is 15.2 Å². The molecule has 0 spiro atoms. The Bertz CT molecular complexity index is 658. The topological polar surface area (TPSA) is 86.1 Å². The van der Waals surface area contributed by atoms with Crippen LogP contribution in [0.5, 0.6) is 11.6 Å². The van der Waals surface area contributed by atoms with Gasteiger partial charge in [0, 0.05) is 6.54 Å². The number of nitrogen functional groups attached to an aromatic ring is 1. The molecule has 0 amide bonds. The van der Waals surface area contributed by atoms with Crippen molar-refractivity contribution in [3.63, 3.8) is 0 Å². The fourth-order valence-electron chi connectivity index (χ4n) is 1.95. The van der Waals surface area contributed by atoms with E-state index in [2.05, 4.69) is 5.10 Å². The summed E-state index contributed by atoms with van der Waals surface area (Å²) < 4.78 is 12.4. The van der Waals surface area contributed by atoms with Gasteiger partial charge >= 0.3 is 0 Å². The first-order chi connectivity index (χ1) is 10.2. The second kappa shape index (κ2) is 6.66. The van der Waals surface area contributed by atoms with E-state index in [9.17, 15) is 5.26 Å². The molecule has 0 fully saturated rings. The van der Waals surface area contributed by atoms with Crippen LogP contribution in [0.15, 0.2) is 24.3 Å². The molecule has 1 heterocycles. The lowest BCUT2D eigenvalue weighted by molar-refractivity contribution is 0.288. The maximum Gasteiger partial charge on any atom is 0.253 e. The van der Waals surface area contributed by atoms with Gasteiger partial charge in [-0.3, -0.25) is 0 Å². The third-order valence-corrected chi connectivity index (χ3v) is 3.02. The highest BCUT2D eigenvalue weighted by molar-refractivity contribution is 5.55. The second-order valence-corrected chi connectivity index (χ2v) is 4.54. The first-order valence-electron chi connectivity index (χ1n) is 6.71. The van der Waals surface area contributed by atoms with Crippen molar-refractivity contribution >= 4 is 5.82 Å². The summed E-state index contributed by atoms with van der Waals surface area (Å²) in [6.45, 7) is 2.97. The monoisotopic (exact) mass is 286 g/mol. The number of nitrogens with zero attached hydrogens (tertiary/aromatic N) is 3. The second-order valence-electron chi connectivity index (χ2n) is 4.54. The molecule has 21 heavy (non-hydrogen) atoms. The van der Waals surface area contributed by atoms with Crippen molar-refractivity contribution in [3.8, 4) is 17.7 Å². The minimum Gasteiger partial charge on any atom is -0.497 e. The van der Waals surface area contributed by atoms with Crippen LogP contribution in [0.1, 0.15) is 24.5 Å². The summed E-state index contributed by atoms with van der Waals surface area (Å²) in [6.07, 6.45) is 0.881. The molecule has 0 aliphatic heterocycles. The molecule has 1 aromatic carbocycles. The molecule has 1 aromatic heterocycles. The molecule has 2 rings (SSSR count). The van der Waals surface area contributed by atoms with E-state index in [0.29, 0.717) is 19.0 Å². The fraction of sp³-hybridized carbons (Fsp3) is 0.333. The maximum absolute atomic E-state index is 9.18. The van der Waals surface area contributed by atoms with Crippen LogP contribution >= 0.6 is 0 Å². The number of hydrogen-bond donors (Lipinski definition) is 1. The summed E-state index contributed by atoms with van der Waals surface area (Å²) in [5, 5.41) is 13.4. The van der Waals surface area contributed by atoms with Crippen molar-refractivity contribution in [3.05, 3.63) is 35.4 Å². The van der Waals surface area contributed by atoms with Gasteiger partial charge < -0.3 is 15.2 Å². The van der Waals surface area contributed by atoms with E-state index >= 15 is 0 Å². The third-order valence-electron chi connectivity index (χ3n) is 3.02. The Morgan fingerprint density at radius 3 is 2.90 bits per heavy atom. The van der Waals surface area contributed by atoms with Crippen molar-refractivity contribution in [1.82, 2.24) is 9.78 Å². The fourth-order valence-corrected chi connectivity index (χ4v) is 1.95. The summed E-state index contributed by atoms with van der Waals surface area (Å²) >= 11 is 0. The molecule has 0 bridgehead atoms. The Morgan fingerprint density at radius 1 is 1.43 bits per heavy atom. The molecule has 2 N–H and O–H groups in total. The van der Waals surface area contributed by atoms with E-state index in [-0.39, 0.29) is 11.4 Å². The zero-order valence-corrected chi connectivity index (χ0v) is 12.2. The highest BCUT2D eigenvalue weighted by atomic mass is 16.5. The standard InChI is InChI=1S/C15H18N4O2/c1-3-7-19-14(17)13(9-16)15(18-19)21-10-11-5-4-6-12(8-11)20-2/h4-6,8H,3,7,10,17H2,1-2H3. The minimum atomic E-state index is 0.270. The smallest absolute Gasteiger partial charge is 0.253 e. The molecule has 0 aliphatic rings. The molecule has 0 saturated heterocycles. The SMILES string of the molecule is CCCn1nc(OCc2cccc(OC)c2)c(C#N)c1N. The number of rotatable bonds is 6. The van der Waals surface area contributed by atoms with E-state index in [1.54, 1.807) is 11.8 Å². The van der Waals surface area contributed by atoms with Gasteiger partial charge in [0.15, 0.2) is 5.56 Å². The highest BCUT2D eigenvalue weighted by Crippen LogP contribution is 2.24. The summed E-state index contributed by atoms with van der Waals surface area (Å²) in [5.41, 5.74) is 7.11. The molecular weight excluding hydrogens is 268 g/mol. The van der Waals surface area contributed by atoms with Gasteiger partial charge in [-0.2, -0.15) is 5.26 Å². The molecular formula is C15H18N4O2. The third kappa shape index (κ3) is 3.26. The average Bonchev–Trinajstić information content (AvgIpc) is 2.81. The van der Waals surface area contributed by atoms with Gasteiger partial charge in [0.2, 0.25) is 0 Å². The first kappa shape index (κ1) is 14.7. The molecule has 0 radical (unpaired) electrons. The van der Waals surface area contributed by atoms with Crippen molar-refractivity contribution in [2.45, 2.75) is 26.5 Å². The Hall–Kier alpha value is -2.68. The number of aromatic nitrogens is 2. The summed E-state index contributed by atoms with van der Waals surface area (Å²) in [5.74, 6) is 1.37. The van der Waals surface area contributed by atoms with Gasteiger partial charge in [0.1, 0.15) is 24.2 Å². The molecule has 0 atom stereocenters. The van der Waals surface area contributed by atoms with Crippen LogP contribution in [0.3, 0.4) is 0 Å². The van der Waals surface area contributed by atoms with Crippen LogP contribution < -0.4 is 15.2 Å². The van der Waals surface area contributed by atoms with Gasteiger partial charge in [0.25, 0.3) is 5.88 Å². The number of hydrogen-bond acceptors (Lipinski definition) is 5. The van der Waals surface area contributed by atoms with Crippen molar-refractivity contribution < 1.29 is 9.47 Å². The number of nitriles is 1. The molecule has 6 nitrogen and oxygen atoms in total. The molecule has 0 saturated carbocycles. The van der Waals surface area contributed by atoms with Crippen molar-refractivity contribution in [2.75, 3.05) is 12.8 Å². The van der Waals surface area contributed by atoms with Crippen molar-refractivity contribution in [2.24, 2.45) is 0 Å². The quantitative estimate of drug-likeness (QED) is 0.880. The summed E-state index contributed by atoms with van der Waals surface area (Å²) in [4.78, 5) is 0.